The number of carboxylic acid groups (broad SMARTS) is 1. The quantitative estimate of drug-likeness (QED) is 0.261. The Labute approximate surface area is 190 Å². The zero-order valence-corrected chi connectivity index (χ0v) is 20.5. The molecule has 6 heteroatoms. The molecule has 1 saturated heterocycles. The number of ether oxygens (including phenoxy) is 1. The Morgan fingerprint density at radius 2 is 1.32 bits per heavy atom. The van der Waals surface area contributed by atoms with E-state index in [9.17, 15) is 14.7 Å². The third-order valence-electron chi connectivity index (χ3n) is 6.21. The van der Waals surface area contributed by atoms with Crippen LogP contribution >= 0.6 is 0 Å². The largest absolute Gasteiger partial charge is 0.550 e. The average molecular weight is 441 g/mol. The Kier molecular flexibility index (Phi) is 14.8. The lowest BCUT2D eigenvalue weighted by molar-refractivity contribution is -0.905. The van der Waals surface area contributed by atoms with Crippen LogP contribution in [0.1, 0.15) is 103 Å². The van der Waals surface area contributed by atoms with Gasteiger partial charge in [-0.2, -0.15) is 0 Å². The number of carbonyl (C=O) groups excluding carboxylic acids is 2. The van der Waals surface area contributed by atoms with Gasteiger partial charge >= 0.3 is 0 Å². The van der Waals surface area contributed by atoms with Crippen molar-refractivity contribution in [2.24, 2.45) is 0 Å². The lowest BCUT2D eigenvalue weighted by Crippen LogP contribution is -2.59. The van der Waals surface area contributed by atoms with Crippen LogP contribution in [0, 0.1) is 0 Å². The number of nitrogens with one attached hydrogen (secondary N) is 1. The second-order valence-electron chi connectivity index (χ2n) is 10.1. The van der Waals surface area contributed by atoms with Crippen molar-refractivity contribution >= 4 is 11.9 Å². The van der Waals surface area contributed by atoms with Gasteiger partial charge < -0.3 is 24.4 Å². The highest BCUT2D eigenvalue weighted by Gasteiger charge is 2.34. The van der Waals surface area contributed by atoms with Crippen LogP contribution in [0.25, 0.3) is 0 Å². The monoisotopic (exact) mass is 440 g/mol. The van der Waals surface area contributed by atoms with Gasteiger partial charge in [-0.05, 0) is 6.42 Å². The predicted octanol–water partition coefficient (Wildman–Crippen LogP) is 3.57. The standard InChI is InChI=1S/C25H48N2O4/c1-4-5-6-7-8-9-10-11-12-13-14-15-16-17-24(28)26-19-23-21-27(2,3)20-22(31-23)18-25(29)30/h22-23H,4-21H2,1-3H3,(H-,26,28,29,30)/t22-,23-/m1/s1. The first-order chi connectivity index (χ1) is 14.8. The lowest BCUT2D eigenvalue weighted by Gasteiger charge is -2.42. The van der Waals surface area contributed by atoms with Crippen molar-refractivity contribution in [1.29, 1.82) is 0 Å². The fraction of sp³-hybridized carbons (Fsp3) is 0.920. The number of morpholine rings is 1. The zero-order valence-electron chi connectivity index (χ0n) is 20.5. The molecule has 1 heterocycles. The average Bonchev–Trinajstić information content (AvgIpc) is 2.68. The van der Waals surface area contributed by atoms with E-state index in [1.807, 2.05) is 0 Å². The molecule has 31 heavy (non-hydrogen) atoms. The number of quaternary nitrogens is 1. The summed E-state index contributed by atoms with van der Waals surface area (Å²) in [7, 11) is 4.13. The normalized spacial score (nSPS) is 20.5. The number of carboxylic acids is 1. The molecule has 1 aliphatic rings. The van der Waals surface area contributed by atoms with Crippen LogP contribution in [0.5, 0.6) is 0 Å². The van der Waals surface area contributed by atoms with Crippen LogP contribution in [-0.2, 0) is 14.3 Å². The number of rotatable bonds is 18. The van der Waals surface area contributed by atoms with E-state index < -0.39 is 5.97 Å². The van der Waals surface area contributed by atoms with E-state index in [2.05, 4.69) is 26.3 Å². The minimum Gasteiger partial charge on any atom is -0.550 e. The summed E-state index contributed by atoms with van der Waals surface area (Å²) in [4.78, 5) is 23.0. The van der Waals surface area contributed by atoms with E-state index in [1.54, 1.807) is 0 Å². The number of hydrogen-bond acceptors (Lipinski definition) is 4. The minimum atomic E-state index is -1.09. The highest BCUT2D eigenvalue weighted by atomic mass is 16.5. The molecule has 2 atom stereocenters. The summed E-state index contributed by atoms with van der Waals surface area (Å²) in [6.07, 6.45) is 16.8. The SMILES string of the molecule is CCCCCCCCCCCCCCCC(=O)NC[C@@H]1C[N+](C)(C)C[C@@H](CC(=O)[O-])O1. The molecule has 0 bridgehead atoms. The number of nitrogens with zero attached hydrogens (tertiary/aromatic N) is 1. The van der Waals surface area contributed by atoms with Crippen molar-refractivity contribution in [2.75, 3.05) is 33.7 Å². The molecule has 0 unspecified atom stereocenters. The second kappa shape index (κ2) is 16.5. The molecule has 0 aromatic heterocycles. The summed E-state index contributed by atoms with van der Waals surface area (Å²) >= 11 is 0. The van der Waals surface area contributed by atoms with Gasteiger partial charge in [-0.3, -0.25) is 4.79 Å². The van der Waals surface area contributed by atoms with Crippen LogP contribution in [0.4, 0.5) is 0 Å². The number of hydrogen-bond donors (Lipinski definition) is 1. The van der Waals surface area contributed by atoms with E-state index >= 15 is 0 Å². The molecule has 1 N–H and O–H groups in total. The van der Waals surface area contributed by atoms with Crippen molar-refractivity contribution < 1.29 is 23.9 Å². The maximum Gasteiger partial charge on any atom is 0.220 e. The summed E-state index contributed by atoms with van der Waals surface area (Å²) in [6.45, 7) is 4.12. The fourth-order valence-electron chi connectivity index (χ4n) is 4.57. The van der Waals surface area contributed by atoms with Crippen molar-refractivity contribution in [3.05, 3.63) is 0 Å². The van der Waals surface area contributed by atoms with Gasteiger partial charge in [0, 0.05) is 25.4 Å². The van der Waals surface area contributed by atoms with Gasteiger partial charge in [0.15, 0.2) is 0 Å². The van der Waals surface area contributed by atoms with E-state index in [1.165, 1.54) is 70.6 Å². The van der Waals surface area contributed by atoms with E-state index in [4.69, 9.17) is 4.74 Å². The van der Waals surface area contributed by atoms with Gasteiger partial charge in [0.2, 0.25) is 5.91 Å². The first kappa shape index (κ1) is 27.9. The second-order valence-corrected chi connectivity index (χ2v) is 10.1. The smallest absolute Gasteiger partial charge is 0.220 e. The number of amides is 1. The summed E-state index contributed by atoms with van der Waals surface area (Å²) in [5, 5.41) is 13.9. The molecule has 6 nitrogen and oxygen atoms in total. The third-order valence-corrected chi connectivity index (χ3v) is 6.21. The van der Waals surface area contributed by atoms with Crippen molar-refractivity contribution in [2.45, 2.75) is 115 Å². The molecular weight excluding hydrogens is 392 g/mol. The van der Waals surface area contributed by atoms with Crippen molar-refractivity contribution in [1.82, 2.24) is 5.32 Å². The molecule has 0 aromatic rings. The van der Waals surface area contributed by atoms with Gasteiger partial charge in [-0.1, -0.05) is 84.0 Å². The molecule has 1 aliphatic heterocycles. The number of carbonyl (C=O) groups is 2. The summed E-state index contributed by atoms with van der Waals surface area (Å²) < 4.78 is 6.55. The van der Waals surface area contributed by atoms with Crippen LogP contribution in [0.15, 0.2) is 0 Å². The van der Waals surface area contributed by atoms with Crippen LogP contribution < -0.4 is 10.4 Å². The van der Waals surface area contributed by atoms with Gasteiger partial charge in [0.25, 0.3) is 0 Å². The number of likely N-dealkylation sites (N-methyl/N-ethyl adjacent to an activating group) is 1. The number of aliphatic carboxylic acids is 1. The van der Waals surface area contributed by atoms with E-state index in [-0.39, 0.29) is 24.5 Å². The summed E-state index contributed by atoms with van der Waals surface area (Å²) in [5.41, 5.74) is 0. The van der Waals surface area contributed by atoms with E-state index in [0.717, 1.165) is 19.4 Å². The molecule has 0 aliphatic carbocycles. The molecule has 1 amide bonds. The highest BCUT2D eigenvalue weighted by molar-refractivity contribution is 5.75. The maximum absolute atomic E-state index is 12.1. The Morgan fingerprint density at radius 3 is 1.84 bits per heavy atom. The molecular formula is C25H48N2O4. The molecule has 1 rings (SSSR count). The Morgan fingerprint density at radius 1 is 0.839 bits per heavy atom. The minimum absolute atomic E-state index is 0.0685. The Bertz CT molecular complexity index is 496. The maximum atomic E-state index is 12.1. The number of unbranched alkanes of at least 4 members (excludes halogenated alkanes) is 12. The highest BCUT2D eigenvalue weighted by Crippen LogP contribution is 2.17. The molecule has 0 spiro atoms. The molecule has 0 saturated carbocycles. The van der Waals surface area contributed by atoms with Gasteiger partial charge in [-0.25, -0.2) is 0 Å². The van der Waals surface area contributed by atoms with Crippen LogP contribution in [0.2, 0.25) is 0 Å². The van der Waals surface area contributed by atoms with E-state index in [0.29, 0.717) is 24.0 Å². The molecule has 0 aromatic carbocycles. The first-order valence-corrected chi connectivity index (χ1v) is 12.8. The summed E-state index contributed by atoms with van der Waals surface area (Å²) in [5.74, 6) is -1.02. The van der Waals surface area contributed by atoms with Gasteiger partial charge in [0.1, 0.15) is 25.3 Å². The zero-order chi connectivity index (χ0) is 23.0. The summed E-state index contributed by atoms with van der Waals surface area (Å²) in [6, 6.07) is 0. The molecule has 0 radical (unpaired) electrons. The third kappa shape index (κ3) is 15.3. The molecule has 1 fully saturated rings. The Balaban J connectivity index is 1.99. The Hall–Kier alpha value is -1.14. The van der Waals surface area contributed by atoms with Gasteiger partial charge in [0.05, 0.1) is 14.1 Å². The van der Waals surface area contributed by atoms with Crippen molar-refractivity contribution in [3.8, 4) is 0 Å². The van der Waals surface area contributed by atoms with Crippen LogP contribution in [0.3, 0.4) is 0 Å². The fourth-order valence-corrected chi connectivity index (χ4v) is 4.57. The van der Waals surface area contributed by atoms with Crippen LogP contribution in [-0.4, -0.2) is 62.3 Å². The first-order valence-electron chi connectivity index (χ1n) is 12.8. The molecule has 182 valence electrons. The van der Waals surface area contributed by atoms with Crippen molar-refractivity contribution in [3.63, 3.8) is 0 Å². The lowest BCUT2D eigenvalue weighted by atomic mass is 10.0. The predicted molar refractivity (Wildman–Crippen MR) is 123 cm³/mol. The van der Waals surface area contributed by atoms with Gasteiger partial charge in [-0.15, -0.1) is 0 Å². The topological polar surface area (TPSA) is 78.5 Å².